The lowest BCUT2D eigenvalue weighted by atomic mass is 9.76. The van der Waals surface area contributed by atoms with E-state index in [1.807, 2.05) is 102 Å². The van der Waals surface area contributed by atoms with Gasteiger partial charge in [0.25, 0.3) is 0 Å². The minimum absolute atomic E-state index is 0.221. The molecule has 3 aromatic carbocycles. The summed E-state index contributed by atoms with van der Waals surface area (Å²) in [5, 5.41) is 15.6. The van der Waals surface area contributed by atoms with Crippen LogP contribution in [0.4, 0.5) is 13.2 Å². The number of alkyl halides is 3. The molecule has 2 N–H and O–H groups in total. The zero-order valence-corrected chi connectivity index (χ0v) is 20.8. The van der Waals surface area contributed by atoms with E-state index in [1.54, 1.807) is 0 Å². The molecular formula is C30H25F3N4O2. The van der Waals surface area contributed by atoms with Crippen LogP contribution in [-0.2, 0) is 18.5 Å². The van der Waals surface area contributed by atoms with E-state index in [0.29, 0.717) is 24.0 Å². The Bertz CT molecular complexity index is 1440. The highest BCUT2D eigenvalue weighted by Gasteiger charge is 2.47. The first-order chi connectivity index (χ1) is 18.8. The number of carboxylic acids is 1. The maximum Gasteiger partial charge on any atom is 0.408 e. The molecule has 0 amide bonds. The molecule has 39 heavy (non-hydrogen) atoms. The Kier molecular flexibility index (Phi) is 6.03. The highest BCUT2D eigenvalue weighted by Crippen LogP contribution is 2.46. The van der Waals surface area contributed by atoms with E-state index in [-0.39, 0.29) is 17.4 Å². The third-order valence-electron chi connectivity index (χ3n) is 7.41. The normalized spacial score (nSPS) is 16.9. The van der Waals surface area contributed by atoms with Gasteiger partial charge in [0.15, 0.2) is 5.69 Å². The third-order valence-corrected chi connectivity index (χ3v) is 7.41. The van der Waals surface area contributed by atoms with E-state index in [1.165, 1.54) is 0 Å². The number of fused-ring (bicyclic) bond motifs is 3. The fraction of sp³-hybridized carbons (Fsp3) is 0.200. The van der Waals surface area contributed by atoms with Crippen LogP contribution in [0.2, 0.25) is 0 Å². The van der Waals surface area contributed by atoms with Crippen molar-refractivity contribution in [3.63, 3.8) is 0 Å². The summed E-state index contributed by atoms with van der Waals surface area (Å²) in [4.78, 5) is 11.9. The summed E-state index contributed by atoms with van der Waals surface area (Å²) in [6.07, 6.45) is -1.92. The van der Waals surface area contributed by atoms with Crippen LogP contribution in [0.1, 0.15) is 44.9 Å². The molecule has 198 valence electrons. The summed E-state index contributed by atoms with van der Waals surface area (Å²) in [6.45, 7) is -1.37. The number of aromatic nitrogens is 2. The van der Waals surface area contributed by atoms with Crippen LogP contribution in [0.25, 0.3) is 5.57 Å². The van der Waals surface area contributed by atoms with Gasteiger partial charge >= 0.3 is 12.1 Å². The molecule has 0 saturated carbocycles. The minimum atomic E-state index is -4.56. The van der Waals surface area contributed by atoms with Crippen molar-refractivity contribution in [3.05, 3.63) is 131 Å². The first kappa shape index (κ1) is 24.9. The number of carboxylic acid groups (broad SMARTS) is 1. The number of nitrogens with one attached hydrogen (secondary N) is 1. The van der Waals surface area contributed by atoms with Crippen LogP contribution >= 0.6 is 0 Å². The molecule has 0 bridgehead atoms. The lowest BCUT2D eigenvalue weighted by Gasteiger charge is -2.44. The average Bonchev–Trinajstić information content (AvgIpc) is 3.52. The summed E-state index contributed by atoms with van der Waals surface area (Å²) in [6, 6.07) is 29.5. The van der Waals surface area contributed by atoms with E-state index in [4.69, 9.17) is 0 Å². The molecule has 1 aliphatic carbocycles. The van der Waals surface area contributed by atoms with Crippen LogP contribution in [0, 0.1) is 0 Å². The van der Waals surface area contributed by atoms with Gasteiger partial charge in [-0.3, -0.25) is 9.69 Å². The van der Waals surface area contributed by atoms with Crippen molar-refractivity contribution in [3.8, 4) is 0 Å². The number of hydrogen-bond acceptors (Lipinski definition) is 4. The van der Waals surface area contributed by atoms with Crippen LogP contribution in [0.3, 0.4) is 0 Å². The van der Waals surface area contributed by atoms with E-state index in [0.717, 1.165) is 21.4 Å². The second kappa shape index (κ2) is 9.43. The fourth-order valence-corrected chi connectivity index (χ4v) is 5.90. The van der Waals surface area contributed by atoms with Gasteiger partial charge in [-0.05, 0) is 29.5 Å². The number of carbonyl (C=O) groups is 1. The maximum atomic E-state index is 13.5. The van der Waals surface area contributed by atoms with Gasteiger partial charge in [0.1, 0.15) is 12.1 Å². The van der Waals surface area contributed by atoms with Gasteiger partial charge < -0.3 is 5.11 Å². The molecule has 2 heterocycles. The molecule has 6 nitrogen and oxygen atoms in total. The van der Waals surface area contributed by atoms with Crippen LogP contribution in [0.15, 0.2) is 97.2 Å². The molecule has 6 rings (SSSR count). The molecule has 2 aliphatic rings. The van der Waals surface area contributed by atoms with Gasteiger partial charge in [0.05, 0.1) is 11.7 Å². The first-order valence-electron chi connectivity index (χ1n) is 12.6. The van der Waals surface area contributed by atoms with Crippen molar-refractivity contribution < 1.29 is 23.1 Å². The molecule has 9 heteroatoms. The second-order valence-electron chi connectivity index (χ2n) is 9.74. The van der Waals surface area contributed by atoms with E-state index in [9.17, 15) is 23.1 Å². The summed E-state index contributed by atoms with van der Waals surface area (Å²) in [7, 11) is 0. The van der Waals surface area contributed by atoms with Crippen molar-refractivity contribution in [2.75, 3.05) is 0 Å². The molecule has 1 unspecified atom stereocenters. The monoisotopic (exact) mass is 530 g/mol. The molecule has 1 atom stereocenters. The van der Waals surface area contributed by atoms with Gasteiger partial charge in [0.2, 0.25) is 0 Å². The standard InChI is InChI=1S/C30H25F3N4O2/c31-29(32,33)19-36-27-23(26(35-36)28(38)39)16-17-25-24(27)18-37(34-25)30(20-10-4-1-5-11-20,21-12-6-2-7-13-21)22-14-8-3-9-15-22/h1-15,18,25,34H,16-17,19H2,(H,38,39). The molecule has 0 saturated heterocycles. The first-order valence-corrected chi connectivity index (χ1v) is 12.6. The SMILES string of the molecule is O=C(O)c1nn(CC(F)(F)F)c2c1CCC1NN(C(c3ccccc3)(c3ccccc3)c3ccccc3)C=C21. The van der Waals surface area contributed by atoms with Gasteiger partial charge in [-0.2, -0.15) is 18.3 Å². The smallest absolute Gasteiger partial charge is 0.408 e. The number of nitrogens with zero attached hydrogens (tertiary/aromatic N) is 3. The summed E-state index contributed by atoms with van der Waals surface area (Å²) in [5.74, 6) is -1.33. The number of hydrazine groups is 1. The second-order valence-corrected chi connectivity index (χ2v) is 9.74. The lowest BCUT2D eigenvalue weighted by Crippen LogP contribution is -2.52. The molecule has 0 fully saturated rings. The number of hydrogen-bond donors (Lipinski definition) is 2. The third kappa shape index (κ3) is 4.19. The predicted octanol–water partition coefficient (Wildman–Crippen LogP) is 5.61. The summed E-state index contributed by atoms with van der Waals surface area (Å²) in [5.41, 5.74) is 6.39. The van der Waals surface area contributed by atoms with Crippen LogP contribution in [-0.4, -0.2) is 38.1 Å². The molecule has 1 aliphatic heterocycles. The number of benzene rings is 3. The molecular weight excluding hydrogens is 505 g/mol. The molecule has 1 aromatic heterocycles. The molecule has 0 radical (unpaired) electrons. The van der Waals surface area contributed by atoms with Crippen LogP contribution < -0.4 is 5.43 Å². The Morgan fingerprint density at radius 1 is 0.897 bits per heavy atom. The molecule has 0 spiro atoms. The predicted molar refractivity (Wildman–Crippen MR) is 140 cm³/mol. The summed E-state index contributed by atoms with van der Waals surface area (Å²) < 4.78 is 41.4. The van der Waals surface area contributed by atoms with Crippen molar-refractivity contribution in [1.29, 1.82) is 0 Å². The maximum absolute atomic E-state index is 13.5. The number of aromatic carboxylic acids is 1. The van der Waals surface area contributed by atoms with Gasteiger partial charge in [-0.25, -0.2) is 10.2 Å². The van der Waals surface area contributed by atoms with Gasteiger partial charge in [-0.15, -0.1) is 0 Å². The highest BCUT2D eigenvalue weighted by molar-refractivity contribution is 5.90. The van der Waals surface area contributed by atoms with Crippen molar-refractivity contribution in [1.82, 2.24) is 20.2 Å². The minimum Gasteiger partial charge on any atom is -0.476 e. The van der Waals surface area contributed by atoms with Crippen molar-refractivity contribution in [2.45, 2.75) is 37.1 Å². The molecule has 4 aromatic rings. The Morgan fingerprint density at radius 2 is 1.41 bits per heavy atom. The van der Waals surface area contributed by atoms with Gasteiger partial charge in [-0.1, -0.05) is 91.0 Å². The number of rotatable bonds is 6. The highest BCUT2D eigenvalue weighted by atomic mass is 19.4. The van der Waals surface area contributed by atoms with Crippen molar-refractivity contribution >= 4 is 11.5 Å². The summed E-state index contributed by atoms with van der Waals surface area (Å²) >= 11 is 0. The van der Waals surface area contributed by atoms with E-state index >= 15 is 0 Å². The quantitative estimate of drug-likeness (QED) is 0.317. The van der Waals surface area contributed by atoms with Crippen molar-refractivity contribution in [2.24, 2.45) is 0 Å². The lowest BCUT2D eigenvalue weighted by molar-refractivity contribution is -0.142. The average molecular weight is 531 g/mol. The van der Waals surface area contributed by atoms with Gasteiger partial charge in [0, 0.05) is 17.3 Å². The number of halogens is 3. The Hall–Kier alpha value is -4.37. The zero-order valence-electron chi connectivity index (χ0n) is 20.8. The van der Waals surface area contributed by atoms with Crippen LogP contribution in [0.5, 0.6) is 0 Å². The Morgan fingerprint density at radius 3 is 1.87 bits per heavy atom. The fourth-order valence-electron chi connectivity index (χ4n) is 5.90. The van der Waals surface area contributed by atoms with E-state index in [2.05, 4.69) is 10.5 Å². The van der Waals surface area contributed by atoms with E-state index < -0.39 is 24.2 Å². The topological polar surface area (TPSA) is 70.4 Å². The largest absolute Gasteiger partial charge is 0.476 e. The Balaban J connectivity index is 1.60. The Labute approximate surface area is 223 Å². The zero-order chi connectivity index (χ0) is 27.2.